The number of pyridine rings is 1. The number of fused-ring (bicyclic) bond motifs is 1. The van der Waals surface area contributed by atoms with Gasteiger partial charge in [-0.2, -0.15) is 4.31 Å². The number of sulfonamides is 1. The second-order valence-corrected chi connectivity index (χ2v) is 12.5. The zero-order valence-corrected chi connectivity index (χ0v) is 22.6. The lowest BCUT2D eigenvalue weighted by atomic mass is 10.1. The summed E-state index contributed by atoms with van der Waals surface area (Å²) in [4.78, 5) is 22.6. The minimum atomic E-state index is -3.67. The predicted octanol–water partition coefficient (Wildman–Crippen LogP) is 5.98. The van der Waals surface area contributed by atoms with Gasteiger partial charge in [0.05, 0.1) is 26.5 Å². The molecular weight excluding hydrogens is 537 g/mol. The summed E-state index contributed by atoms with van der Waals surface area (Å²) < 4.78 is 27.5. The number of carbonyl (C=O) groups excluding carboxylic acids is 1. The Hall–Kier alpha value is -2.49. The minimum absolute atomic E-state index is 0.165. The van der Waals surface area contributed by atoms with Gasteiger partial charge in [0.1, 0.15) is 0 Å². The Labute approximate surface area is 224 Å². The van der Waals surface area contributed by atoms with Crippen LogP contribution in [0.5, 0.6) is 0 Å². The van der Waals surface area contributed by atoms with Gasteiger partial charge in [-0.25, -0.2) is 13.4 Å². The molecule has 2 aromatic carbocycles. The van der Waals surface area contributed by atoms with Crippen molar-refractivity contribution in [2.24, 2.45) is 0 Å². The normalized spacial score (nSPS) is 14.9. The Morgan fingerprint density at radius 3 is 2.31 bits per heavy atom. The Morgan fingerprint density at radius 2 is 1.64 bits per heavy atom. The lowest BCUT2D eigenvalue weighted by Crippen LogP contribution is -2.50. The number of piperazine rings is 1. The minimum Gasteiger partial charge on any atom is -0.336 e. The third-order valence-electron chi connectivity index (χ3n) is 6.24. The van der Waals surface area contributed by atoms with E-state index in [0.29, 0.717) is 26.5 Å². The van der Waals surface area contributed by atoms with Gasteiger partial charge >= 0.3 is 0 Å². The van der Waals surface area contributed by atoms with Gasteiger partial charge in [0.25, 0.3) is 5.91 Å². The zero-order valence-electron chi connectivity index (χ0n) is 19.4. The maximum absolute atomic E-state index is 13.7. The van der Waals surface area contributed by atoms with Crippen molar-refractivity contribution in [1.29, 1.82) is 0 Å². The van der Waals surface area contributed by atoms with Crippen molar-refractivity contribution in [2.45, 2.75) is 18.2 Å². The van der Waals surface area contributed by atoms with Gasteiger partial charge in [-0.3, -0.25) is 4.79 Å². The number of hydrogen-bond acceptors (Lipinski definition) is 5. The summed E-state index contributed by atoms with van der Waals surface area (Å²) in [5, 5.41) is 1.68. The van der Waals surface area contributed by atoms with Crippen LogP contribution in [-0.2, 0) is 16.4 Å². The molecule has 0 spiro atoms. The molecule has 0 saturated carbocycles. The number of carbonyl (C=O) groups is 1. The molecule has 10 heteroatoms. The van der Waals surface area contributed by atoms with Crippen LogP contribution in [0, 0.1) is 0 Å². The summed E-state index contributed by atoms with van der Waals surface area (Å²) in [5.74, 6) is -0.165. The van der Waals surface area contributed by atoms with Crippen molar-refractivity contribution < 1.29 is 13.2 Å². The van der Waals surface area contributed by atoms with Crippen LogP contribution >= 0.6 is 34.5 Å². The van der Waals surface area contributed by atoms with E-state index in [0.717, 1.165) is 17.0 Å². The van der Waals surface area contributed by atoms with E-state index in [9.17, 15) is 13.2 Å². The highest BCUT2D eigenvalue weighted by Crippen LogP contribution is 2.32. The molecule has 0 N–H and O–H groups in total. The molecule has 3 heterocycles. The fraction of sp³-hybridized carbons (Fsp3) is 0.231. The third-order valence-corrected chi connectivity index (χ3v) is 9.89. The van der Waals surface area contributed by atoms with E-state index in [1.807, 2.05) is 18.2 Å². The highest BCUT2D eigenvalue weighted by Gasteiger charge is 2.31. The number of aromatic nitrogens is 1. The lowest BCUT2D eigenvalue weighted by molar-refractivity contribution is 0.0700. The first kappa shape index (κ1) is 25.2. The Morgan fingerprint density at radius 1 is 0.944 bits per heavy atom. The van der Waals surface area contributed by atoms with Crippen LogP contribution in [-0.4, -0.2) is 54.7 Å². The van der Waals surface area contributed by atoms with Crippen LogP contribution in [0.25, 0.3) is 21.5 Å². The van der Waals surface area contributed by atoms with E-state index in [-0.39, 0.29) is 37.0 Å². The van der Waals surface area contributed by atoms with E-state index in [1.54, 1.807) is 40.5 Å². The average molecular weight is 561 g/mol. The molecule has 4 aromatic rings. The molecular formula is C26H23Cl2N3O3S2. The van der Waals surface area contributed by atoms with Gasteiger partial charge in [-0.05, 0) is 67.1 Å². The number of aryl methyl sites for hydroxylation is 1. The summed E-state index contributed by atoms with van der Waals surface area (Å²) in [6.07, 6.45) is 0.933. The van der Waals surface area contributed by atoms with Crippen molar-refractivity contribution in [3.63, 3.8) is 0 Å². The van der Waals surface area contributed by atoms with Gasteiger partial charge in [0, 0.05) is 46.5 Å². The number of rotatable bonds is 5. The van der Waals surface area contributed by atoms with E-state index in [1.165, 1.54) is 21.3 Å². The SMILES string of the molecule is CCc1ccc(-c2cc(C(=O)N3CCN(S(=O)(=O)c4ccc(Cl)cc4)CC3)c3cc(Cl)ccc3n2)s1. The monoisotopic (exact) mass is 559 g/mol. The van der Waals surface area contributed by atoms with Gasteiger partial charge < -0.3 is 4.90 Å². The quantitative estimate of drug-likeness (QED) is 0.301. The van der Waals surface area contributed by atoms with Crippen LogP contribution < -0.4 is 0 Å². The molecule has 1 fully saturated rings. The van der Waals surface area contributed by atoms with Gasteiger partial charge in [0.15, 0.2) is 0 Å². The van der Waals surface area contributed by atoms with Gasteiger partial charge in [0.2, 0.25) is 10.0 Å². The van der Waals surface area contributed by atoms with Gasteiger partial charge in [-0.1, -0.05) is 30.1 Å². The second-order valence-electron chi connectivity index (χ2n) is 8.49. The van der Waals surface area contributed by atoms with Crippen molar-refractivity contribution in [3.8, 4) is 10.6 Å². The number of benzene rings is 2. The summed E-state index contributed by atoms with van der Waals surface area (Å²) in [5.41, 5.74) is 1.94. The molecule has 186 valence electrons. The first-order valence-electron chi connectivity index (χ1n) is 11.5. The first-order valence-corrected chi connectivity index (χ1v) is 14.5. The molecule has 1 saturated heterocycles. The zero-order chi connectivity index (χ0) is 25.4. The topological polar surface area (TPSA) is 70.6 Å². The number of hydrogen-bond donors (Lipinski definition) is 0. The number of amides is 1. The molecule has 2 aromatic heterocycles. The molecule has 1 amide bonds. The van der Waals surface area contributed by atoms with E-state index >= 15 is 0 Å². The van der Waals surface area contributed by atoms with Crippen molar-refractivity contribution in [2.75, 3.05) is 26.2 Å². The average Bonchev–Trinajstić information content (AvgIpc) is 3.37. The first-order chi connectivity index (χ1) is 17.3. The summed E-state index contributed by atoms with van der Waals surface area (Å²) >= 11 is 13.8. The second kappa shape index (κ2) is 10.1. The van der Waals surface area contributed by atoms with Crippen molar-refractivity contribution in [3.05, 3.63) is 81.1 Å². The van der Waals surface area contributed by atoms with Crippen molar-refractivity contribution >= 4 is 61.4 Å². The molecule has 6 nitrogen and oxygen atoms in total. The van der Waals surface area contributed by atoms with E-state index < -0.39 is 10.0 Å². The molecule has 1 aliphatic heterocycles. The van der Waals surface area contributed by atoms with Gasteiger partial charge in [-0.15, -0.1) is 11.3 Å². The molecule has 0 atom stereocenters. The maximum atomic E-state index is 13.7. The standard InChI is InChI=1S/C26H23Cl2N3O3S2/c1-2-19-6-10-25(35-19)24-16-22(21-15-18(28)5-9-23(21)29-24)26(32)30-11-13-31(14-12-30)36(33,34)20-7-3-17(27)4-8-20/h3-10,15-16H,2,11-14H2,1H3. The molecule has 0 unspecified atom stereocenters. The fourth-order valence-electron chi connectivity index (χ4n) is 4.26. The summed E-state index contributed by atoms with van der Waals surface area (Å²) in [6.45, 7) is 3.08. The molecule has 36 heavy (non-hydrogen) atoms. The third kappa shape index (κ3) is 4.88. The van der Waals surface area contributed by atoms with Crippen LogP contribution in [0.4, 0.5) is 0 Å². The molecule has 0 aliphatic carbocycles. The fourth-order valence-corrected chi connectivity index (χ4v) is 6.89. The number of nitrogens with zero attached hydrogens (tertiary/aromatic N) is 3. The molecule has 0 radical (unpaired) electrons. The predicted molar refractivity (Wildman–Crippen MR) is 146 cm³/mol. The van der Waals surface area contributed by atoms with Crippen LogP contribution in [0.3, 0.4) is 0 Å². The van der Waals surface area contributed by atoms with Crippen molar-refractivity contribution in [1.82, 2.24) is 14.2 Å². The van der Waals surface area contributed by atoms with E-state index in [2.05, 4.69) is 13.0 Å². The summed E-state index contributed by atoms with van der Waals surface area (Å²) in [7, 11) is -3.67. The Balaban J connectivity index is 1.43. The van der Waals surface area contributed by atoms with Crippen LogP contribution in [0.15, 0.2) is 65.6 Å². The highest BCUT2D eigenvalue weighted by molar-refractivity contribution is 7.89. The lowest BCUT2D eigenvalue weighted by Gasteiger charge is -2.34. The molecule has 0 bridgehead atoms. The molecule has 5 rings (SSSR count). The number of thiophene rings is 1. The molecule has 1 aliphatic rings. The number of halogens is 2. The smallest absolute Gasteiger partial charge is 0.254 e. The maximum Gasteiger partial charge on any atom is 0.254 e. The summed E-state index contributed by atoms with van der Waals surface area (Å²) in [6, 6.07) is 17.4. The Bertz CT molecular complexity index is 1540. The van der Waals surface area contributed by atoms with Crippen LogP contribution in [0.1, 0.15) is 22.2 Å². The van der Waals surface area contributed by atoms with E-state index in [4.69, 9.17) is 28.2 Å². The largest absolute Gasteiger partial charge is 0.336 e. The Kier molecular flexibility index (Phi) is 7.07. The van der Waals surface area contributed by atoms with Crippen LogP contribution in [0.2, 0.25) is 10.0 Å². The highest BCUT2D eigenvalue weighted by atomic mass is 35.5.